The van der Waals surface area contributed by atoms with E-state index < -0.39 is 10.0 Å². The Labute approximate surface area is 177 Å². The van der Waals surface area contributed by atoms with Crippen LogP contribution in [0.4, 0.5) is 0 Å². The van der Waals surface area contributed by atoms with Crippen molar-refractivity contribution in [2.75, 3.05) is 33.9 Å². The molecule has 0 radical (unpaired) electrons. The third-order valence-corrected chi connectivity index (χ3v) is 6.76. The highest BCUT2D eigenvalue weighted by atomic mass is 35.5. The van der Waals surface area contributed by atoms with Gasteiger partial charge in [-0.05, 0) is 53.9 Å². The summed E-state index contributed by atoms with van der Waals surface area (Å²) in [5, 5.41) is 0.489. The molecule has 156 valence electrons. The van der Waals surface area contributed by atoms with E-state index in [-0.39, 0.29) is 17.5 Å². The molecule has 0 fully saturated rings. The fraction of sp³-hybridized carbons (Fsp3) is 0.333. The van der Waals surface area contributed by atoms with Crippen LogP contribution in [0.3, 0.4) is 0 Å². The van der Waals surface area contributed by atoms with E-state index in [1.807, 2.05) is 18.2 Å². The Morgan fingerprint density at radius 2 is 1.86 bits per heavy atom. The fourth-order valence-electron chi connectivity index (χ4n) is 3.59. The molecule has 0 aromatic heterocycles. The SMILES string of the molecule is C=CCN1CCc2cc(OC)c(OC)cc2C1CNS(=O)(=O)c1ccc(Cl)cc1. The van der Waals surface area contributed by atoms with Gasteiger partial charge in [-0.1, -0.05) is 17.7 Å². The minimum atomic E-state index is -3.66. The molecule has 0 spiro atoms. The Morgan fingerprint density at radius 1 is 1.21 bits per heavy atom. The Balaban J connectivity index is 1.91. The molecule has 2 aromatic rings. The third-order valence-electron chi connectivity index (χ3n) is 5.07. The number of hydrogen-bond donors (Lipinski definition) is 1. The highest BCUT2D eigenvalue weighted by molar-refractivity contribution is 7.89. The number of fused-ring (bicyclic) bond motifs is 1. The zero-order valence-corrected chi connectivity index (χ0v) is 18.1. The lowest BCUT2D eigenvalue weighted by Crippen LogP contribution is -2.42. The summed E-state index contributed by atoms with van der Waals surface area (Å²) in [6, 6.07) is 9.87. The molecule has 6 nitrogen and oxygen atoms in total. The average Bonchev–Trinajstić information content (AvgIpc) is 2.72. The first-order chi connectivity index (χ1) is 13.9. The lowest BCUT2D eigenvalue weighted by molar-refractivity contribution is 0.206. The Bertz CT molecular complexity index is 977. The van der Waals surface area contributed by atoms with E-state index in [0.29, 0.717) is 23.1 Å². The topological polar surface area (TPSA) is 67.9 Å². The van der Waals surface area contributed by atoms with Crippen LogP contribution < -0.4 is 14.2 Å². The summed E-state index contributed by atoms with van der Waals surface area (Å²) in [6.45, 7) is 5.50. The second-order valence-electron chi connectivity index (χ2n) is 6.76. The van der Waals surface area contributed by atoms with Crippen LogP contribution >= 0.6 is 11.6 Å². The van der Waals surface area contributed by atoms with Crippen molar-refractivity contribution < 1.29 is 17.9 Å². The Hall–Kier alpha value is -2.06. The zero-order chi connectivity index (χ0) is 21.0. The third kappa shape index (κ3) is 4.75. The van der Waals surface area contributed by atoms with Crippen molar-refractivity contribution in [2.24, 2.45) is 0 Å². The van der Waals surface area contributed by atoms with Crippen LogP contribution in [0.15, 0.2) is 53.9 Å². The number of methoxy groups -OCH3 is 2. The van der Waals surface area contributed by atoms with Gasteiger partial charge in [0.1, 0.15) is 0 Å². The molecule has 2 aromatic carbocycles. The monoisotopic (exact) mass is 436 g/mol. The fourth-order valence-corrected chi connectivity index (χ4v) is 4.75. The quantitative estimate of drug-likeness (QED) is 0.642. The lowest BCUT2D eigenvalue weighted by Gasteiger charge is -2.37. The molecular weight excluding hydrogens is 412 g/mol. The predicted molar refractivity (Wildman–Crippen MR) is 114 cm³/mol. The molecule has 1 aliphatic heterocycles. The maximum Gasteiger partial charge on any atom is 0.240 e. The molecule has 0 aliphatic carbocycles. The molecule has 0 saturated heterocycles. The highest BCUT2D eigenvalue weighted by Crippen LogP contribution is 2.38. The molecule has 1 N–H and O–H groups in total. The smallest absolute Gasteiger partial charge is 0.240 e. The average molecular weight is 437 g/mol. The molecule has 1 aliphatic rings. The number of benzene rings is 2. The Morgan fingerprint density at radius 3 is 2.48 bits per heavy atom. The molecular formula is C21H25ClN2O4S. The number of nitrogens with one attached hydrogen (secondary N) is 1. The van der Waals surface area contributed by atoms with E-state index in [2.05, 4.69) is 16.2 Å². The first-order valence-corrected chi connectivity index (χ1v) is 11.1. The van der Waals surface area contributed by atoms with Gasteiger partial charge in [0.05, 0.1) is 19.1 Å². The van der Waals surface area contributed by atoms with Gasteiger partial charge >= 0.3 is 0 Å². The lowest BCUT2D eigenvalue weighted by atomic mass is 9.92. The maximum absolute atomic E-state index is 12.7. The molecule has 0 saturated carbocycles. The van der Waals surface area contributed by atoms with Gasteiger partial charge < -0.3 is 9.47 Å². The summed E-state index contributed by atoms with van der Waals surface area (Å²) < 4.78 is 39.1. The van der Waals surface area contributed by atoms with Gasteiger partial charge in [0.25, 0.3) is 0 Å². The molecule has 1 unspecified atom stereocenters. The van der Waals surface area contributed by atoms with Crippen molar-refractivity contribution in [3.05, 3.63) is 65.2 Å². The number of nitrogens with zero attached hydrogens (tertiary/aromatic N) is 1. The number of halogens is 1. The number of sulfonamides is 1. The minimum Gasteiger partial charge on any atom is -0.493 e. The van der Waals surface area contributed by atoms with Crippen molar-refractivity contribution in [1.29, 1.82) is 0 Å². The molecule has 0 amide bonds. The number of hydrogen-bond acceptors (Lipinski definition) is 5. The van der Waals surface area contributed by atoms with Crippen LogP contribution in [0.2, 0.25) is 5.02 Å². The van der Waals surface area contributed by atoms with Crippen LogP contribution in [0, 0.1) is 0 Å². The van der Waals surface area contributed by atoms with Gasteiger partial charge in [0.2, 0.25) is 10.0 Å². The van der Waals surface area contributed by atoms with Crippen molar-refractivity contribution >= 4 is 21.6 Å². The molecule has 3 rings (SSSR count). The van der Waals surface area contributed by atoms with Gasteiger partial charge in [-0.25, -0.2) is 13.1 Å². The van der Waals surface area contributed by atoms with E-state index in [4.69, 9.17) is 21.1 Å². The maximum atomic E-state index is 12.7. The molecule has 8 heteroatoms. The summed E-state index contributed by atoms with van der Waals surface area (Å²) in [4.78, 5) is 2.38. The largest absolute Gasteiger partial charge is 0.493 e. The van der Waals surface area contributed by atoms with Gasteiger partial charge in [0.15, 0.2) is 11.5 Å². The van der Waals surface area contributed by atoms with Crippen molar-refractivity contribution in [3.63, 3.8) is 0 Å². The van der Waals surface area contributed by atoms with Gasteiger partial charge in [0, 0.05) is 30.7 Å². The Kier molecular flexibility index (Phi) is 6.85. The van der Waals surface area contributed by atoms with Crippen LogP contribution in [0.5, 0.6) is 11.5 Å². The van der Waals surface area contributed by atoms with Gasteiger partial charge in [-0.3, -0.25) is 4.90 Å². The van der Waals surface area contributed by atoms with Crippen LogP contribution in [0.1, 0.15) is 17.2 Å². The zero-order valence-electron chi connectivity index (χ0n) is 16.5. The van der Waals surface area contributed by atoms with Crippen molar-refractivity contribution in [1.82, 2.24) is 9.62 Å². The molecule has 1 atom stereocenters. The molecule has 1 heterocycles. The normalized spacial score (nSPS) is 16.9. The van der Waals surface area contributed by atoms with E-state index in [9.17, 15) is 8.42 Å². The number of rotatable bonds is 8. The standard InChI is InChI=1S/C21H25ClN2O4S/c1-4-10-24-11-9-15-12-20(27-2)21(28-3)13-18(15)19(24)14-23-29(25,26)17-7-5-16(22)6-8-17/h4-8,12-13,19,23H,1,9-11,14H2,2-3H3. The first-order valence-electron chi connectivity index (χ1n) is 9.24. The first kappa shape index (κ1) is 21.6. The summed E-state index contributed by atoms with van der Waals surface area (Å²) in [5.74, 6) is 1.29. The van der Waals surface area contributed by atoms with E-state index >= 15 is 0 Å². The van der Waals surface area contributed by atoms with Gasteiger partial charge in [-0.15, -0.1) is 6.58 Å². The summed E-state index contributed by atoms with van der Waals surface area (Å²) >= 11 is 5.87. The summed E-state index contributed by atoms with van der Waals surface area (Å²) in [7, 11) is -0.467. The van der Waals surface area contributed by atoms with E-state index in [1.165, 1.54) is 12.1 Å². The molecule has 29 heavy (non-hydrogen) atoms. The van der Waals surface area contributed by atoms with Crippen LogP contribution in [-0.4, -0.2) is 47.2 Å². The van der Waals surface area contributed by atoms with E-state index in [1.54, 1.807) is 26.4 Å². The summed E-state index contributed by atoms with van der Waals surface area (Å²) in [6.07, 6.45) is 2.66. The van der Waals surface area contributed by atoms with Crippen molar-refractivity contribution in [2.45, 2.75) is 17.4 Å². The van der Waals surface area contributed by atoms with Crippen LogP contribution in [0.25, 0.3) is 0 Å². The second-order valence-corrected chi connectivity index (χ2v) is 8.96. The minimum absolute atomic E-state index is 0.154. The van der Waals surface area contributed by atoms with Crippen LogP contribution in [-0.2, 0) is 16.4 Å². The predicted octanol–water partition coefficient (Wildman–Crippen LogP) is 3.42. The van der Waals surface area contributed by atoms with E-state index in [0.717, 1.165) is 24.1 Å². The second kappa shape index (κ2) is 9.17. The highest BCUT2D eigenvalue weighted by Gasteiger charge is 2.29. The van der Waals surface area contributed by atoms with Gasteiger partial charge in [-0.2, -0.15) is 0 Å². The molecule has 0 bridgehead atoms. The number of ether oxygens (including phenoxy) is 2. The van der Waals surface area contributed by atoms with Crippen molar-refractivity contribution in [3.8, 4) is 11.5 Å². The summed E-state index contributed by atoms with van der Waals surface area (Å²) in [5.41, 5.74) is 2.15.